The number of nitrogens with zero attached hydrogens (tertiary/aromatic N) is 2. The molecule has 2 N–H and O–H groups in total. The third-order valence-corrected chi connectivity index (χ3v) is 4.05. The molecule has 1 saturated heterocycles. The number of carbonyl (C=O) groups excluding carboxylic acids is 2. The second-order valence-corrected chi connectivity index (χ2v) is 5.75. The Balaban J connectivity index is 1.86. The largest absolute Gasteiger partial charge is 0.369 e. The van der Waals surface area contributed by atoms with Gasteiger partial charge in [0.1, 0.15) is 0 Å². The molecule has 2 rings (SSSR count). The predicted molar refractivity (Wildman–Crippen MR) is 80.2 cm³/mol. The van der Waals surface area contributed by atoms with Crippen molar-refractivity contribution in [2.45, 2.75) is 6.42 Å². The SMILES string of the molecule is NC(=O)CN1CCCN(C(=O)/C=C\c2cccs2)CC1. The molecule has 0 bridgehead atoms. The minimum atomic E-state index is -0.317. The van der Waals surface area contributed by atoms with Crippen molar-refractivity contribution in [2.75, 3.05) is 32.7 Å². The van der Waals surface area contributed by atoms with Crippen LogP contribution in [0.5, 0.6) is 0 Å². The number of hydrogen-bond acceptors (Lipinski definition) is 4. The maximum atomic E-state index is 12.1. The Bertz CT molecular complexity index is 485. The first-order valence-electron chi connectivity index (χ1n) is 6.66. The molecular formula is C14H19N3O2S. The first-order valence-corrected chi connectivity index (χ1v) is 7.54. The summed E-state index contributed by atoms with van der Waals surface area (Å²) in [5, 5.41) is 1.98. The molecule has 20 heavy (non-hydrogen) atoms. The third-order valence-electron chi connectivity index (χ3n) is 3.21. The van der Waals surface area contributed by atoms with Crippen LogP contribution in [0.2, 0.25) is 0 Å². The number of rotatable bonds is 4. The molecule has 0 saturated carbocycles. The topological polar surface area (TPSA) is 66.6 Å². The summed E-state index contributed by atoms with van der Waals surface area (Å²) < 4.78 is 0. The zero-order chi connectivity index (χ0) is 14.4. The summed E-state index contributed by atoms with van der Waals surface area (Å²) in [6.07, 6.45) is 4.33. The molecule has 1 aliphatic rings. The van der Waals surface area contributed by atoms with Crippen LogP contribution in [-0.2, 0) is 9.59 Å². The molecule has 0 unspecified atom stereocenters. The van der Waals surface area contributed by atoms with Gasteiger partial charge in [0, 0.05) is 37.1 Å². The average molecular weight is 293 g/mol. The Morgan fingerprint density at radius 3 is 2.85 bits per heavy atom. The molecule has 108 valence electrons. The lowest BCUT2D eigenvalue weighted by atomic mass is 10.3. The Morgan fingerprint density at radius 2 is 2.15 bits per heavy atom. The Labute approximate surface area is 122 Å². The van der Waals surface area contributed by atoms with Gasteiger partial charge in [-0.15, -0.1) is 11.3 Å². The number of primary amides is 1. The highest BCUT2D eigenvalue weighted by Crippen LogP contribution is 2.11. The molecule has 6 heteroatoms. The monoisotopic (exact) mass is 293 g/mol. The van der Waals surface area contributed by atoms with Gasteiger partial charge in [-0.3, -0.25) is 14.5 Å². The highest BCUT2D eigenvalue weighted by Gasteiger charge is 2.18. The van der Waals surface area contributed by atoms with Gasteiger partial charge in [0.15, 0.2) is 0 Å². The van der Waals surface area contributed by atoms with E-state index in [0.717, 1.165) is 24.4 Å². The zero-order valence-electron chi connectivity index (χ0n) is 11.3. The molecule has 5 nitrogen and oxygen atoms in total. The normalized spacial score (nSPS) is 17.3. The van der Waals surface area contributed by atoms with E-state index in [2.05, 4.69) is 0 Å². The lowest BCUT2D eigenvalue weighted by Gasteiger charge is -2.19. The second-order valence-electron chi connectivity index (χ2n) is 4.77. The van der Waals surface area contributed by atoms with E-state index >= 15 is 0 Å². The van der Waals surface area contributed by atoms with Crippen molar-refractivity contribution in [1.29, 1.82) is 0 Å². The van der Waals surface area contributed by atoms with Crippen LogP contribution in [0.25, 0.3) is 6.08 Å². The molecule has 0 aliphatic carbocycles. The second kappa shape index (κ2) is 7.21. The summed E-state index contributed by atoms with van der Waals surface area (Å²) in [4.78, 5) is 27.9. The van der Waals surface area contributed by atoms with Crippen LogP contribution in [0.3, 0.4) is 0 Å². The summed E-state index contributed by atoms with van der Waals surface area (Å²) in [5.41, 5.74) is 5.20. The fourth-order valence-electron chi connectivity index (χ4n) is 2.21. The van der Waals surface area contributed by atoms with E-state index < -0.39 is 0 Å². The van der Waals surface area contributed by atoms with Gasteiger partial charge in [-0.25, -0.2) is 0 Å². The number of hydrogen-bond donors (Lipinski definition) is 1. The molecular weight excluding hydrogens is 274 g/mol. The number of thiophene rings is 1. The molecule has 0 spiro atoms. The van der Waals surface area contributed by atoms with E-state index in [-0.39, 0.29) is 18.4 Å². The van der Waals surface area contributed by atoms with Crippen LogP contribution in [0.15, 0.2) is 23.6 Å². The molecule has 1 aromatic rings. The van der Waals surface area contributed by atoms with Gasteiger partial charge in [0.05, 0.1) is 6.54 Å². The predicted octanol–water partition coefficient (Wildman–Crippen LogP) is 0.781. The van der Waals surface area contributed by atoms with E-state index in [9.17, 15) is 9.59 Å². The van der Waals surface area contributed by atoms with Crippen molar-refractivity contribution >= 4 is 29.2 Å². The van der Waals surface area contributed by atoms with Crippen LogP contribution in [-0.4, -0.2) is 54.3 Å². The Kier molecular flexibility index (Phi) is 5.31. The van der Waals surface area contributed by atoms with Crippen LogP contribution in [0.1, 0.15) is 11.3 Å². The van der Waals surface area contributed by atoms with E-state index in [4.69, 9.17) is 5.73 Å². The van der Waals surface area contributed by atoms with Gasteiger partial charge in [-0.2, -0.15) is 0 Å². The zero-order valence-corrected chi connectivity index (χ0v) is 12.1. The lowest BCUT2D eigenvalue weighted by molar-refractivity contribution is -0.125. The quantitative estimate of drug-likeness (QED) is 0.834. The molecule has 2 amide bonds. The van der Waals surface area contributed by atoms with E-state index in [0.29, 0.717) is 13.1 Å². The van der Waals surface area contributed by atoms with Gasteiger partial charge in [0.25, 0.3) is 0 Å². The molecule has 0 aromatic carbocycles. The first-order chi connectivity index (χ1) is 9.65. The summed E-state index contributed by atoms with van der Waals surface area (Å²) in [6.45, 7) is 3.14. The molecule has 1 fully saturated rings. The van der Waals surface area contributed by atoms with Crippen molar-refractivity contribution in [2.24, 2.45) is 5.73 Å². The minimum absolute atomic E-state index is 0.0272. The minimum Gasteiger partial charge on any atom is -0.369 e. The van der Waals surface area contributed by atoms with Crippen molar-refractivity contribution in [3.8, 4) is 0 Å². The maximum absolute atomic E-state index is 12.1. The van der Waals surface area contributed by atoms with Crippen LogP contribution in [0.4, 0.5) is 0 Å². The number of amides is 2. The van der Waals surface area contributed by atoms with Crippen LogP contribution in [0, 0.1) is 0 Å². The van der Waals surface area contributed by atoms with E-state index in [1.54, 1.807) is 17.4 Å². The van der Waals surface area contributed by atoms with Gasteiger partial charge in [0.2, 0.25) is 11.8 Å². The van der Waals surface area contributed by atoms with Gasteiger partial charge in [-0.1, -0.05) is 6.07 Å². The van der Waals surface area contributed by atoms with Crippen molar-refractivity contribution in [1.82, 2.24) is 9.80 Å². The fraction of sp³-hybridized carbons (Fsp3) is 0.429. The molecule has 1 aliphatic heterocycles. The number of carbonyl (C=O) groups is 2. The average Bonchev–Trinajstić information content (AvgIpc) is 2.82. The Hall–Kier alpha value is -1.66. The summed E-state index contributed by atoms with van der Waals surface area (Å²) in [7, 11) is 0. The number of nitrogens with two attached hydrogens (primary N) is 1. The summed E-state index contributed by atoms with van der Waals surface area (Å²) in [5.74, 6) is -0.290. The fourth-order valence-corrected chi connectivity index (χ4v) is 2.83. The highest BCUT2D eigenvalue weighted by molar-refractivity contribution is 7.10. The van der Waals surface area contributed by atoms with Crippen molar-refractivity contribution < 1.29 is 9.59 Å². The molecule has 0 radical (unpaired) electrons. The molecule has 0 atom stereocenters. The first kappa shape index (κ1) is 14.7. The summed E-state index contributed by atoms with van der Waals surface area (Å²) >= 11 is 1.61. The van der Waals surface area contributed by atoms with Gasteiger partial charge >= 0.3 is 0 Å². The van der Waals surface area contributed by atoms with Crippen molar-refractivity contribution in [3.63, 3.8) is 0 Å². The van der Waals surface area contributed by atoms with Crippen LogP contribution >= 0.6 is 11.3 Å². The van der Waals surface area contributed by atoms with E-state index in [1.165, 1.54) is 0 Å². The standard InChI is InChI=1S/C14H19N3O2S/c15-13(18)11-16-6-2-7-17(9-8-16)14(19)5-4-12-3-1-10-20-12/h1,3-5,10H,2,6-9,11H2,(H2,15,18)/b5-4-. The third kappa shape index (κ3) is 4.47. The lowest BCUT2D eigenvalue weighted by Crippen LogP contribution is -2.37. The summed E-state index contributed by atoms with van der Waals surface area (Å²) in [6, 6.07) is 3.94. The highest BCUT2D eigenvalue weighted by atomic mass is 32.1. The molecule has 2 heterocycles. The van der Waals surface area contributed by atoms with E-state index in [1.807, 2.05) is 33.4 Å². The Morgan fingerprint density at radius 1 is 1.30 bits per heavy atom. The maximum Gasteiger partial charge on any atom is 0.246 e. The smallest absolute Gasteiger partial charge is 0.246 e. The molecule has 1 aromatic heterocycles. The van der Waals surface area contributed by atoms with Crippen molar-refractivity contribution in [3.05, 3.63) is 28.5 Å². The van der Waals surface area contributed by atoms with Crippen LogP contribution < -0.4 is 5.73 Å². The van der Waals surface area contributed by atoms with Gasteiger partial charge < -0.3 is 10.6 Å². The van der Waals surface area contributed by atoms with Gasteiger partial charge in [-0.05, 0) is 23.9 Å².